The number of nitrogens with one attached hydrogen (secondary N) is 1. The van der Waals surface area contributed by atoms with Gasteiger partial charge in [-0.25, -0.2) is 4.68 Å². The van der Waals surface area contributed by atoms with Gasteiger partial charge in [0.05, 0.1) is 17.3 Å². The zero-order valence-corrected chi connectivity index (χ0v) is 14.2. The summed E-state index contributed by atoms with van der Waals surface area (Å²) in [4.78, 5) is 37.8. The second-order valence-electron chi connectivity index (χ2n) is 6.21. The number of rotatable bonds is 6. The third kappa shape index (κ3) is 3.31. The van der Waals surface area contributed by atoms with Crippen molar-refractivity contribution in [2.75, 3.05) is 11.9 Å². The third-order valence-corrected chi connectivity index (χ3v) is 4.09. The second kappa shape index (κ2) is 6.88. The number of fused-ring (bicyclic) bond motifs is 1. The largest absolute Gasteiger partial charge is 0.311 e. The molecule has 1 N–H and O–H groups in total. The summed E-state index contributed by atoms with van der Waals surface area (Å²) >= 11 is 0. The van der Waals surface area contributed by atoms with E-state index in [9.17, 15) is 14.4 Å². The van der Waals surface area contributed by atoms with Crippen LogP contribution in [0.4, 0.5) is 5.82 Å². The molecule has 0 bridgehead atoms. The monoisotopic (exact) mass is 340 g/mol. The number of imide groups is 1. The number of amides is 3. The fraction of sp³-hybridized carbons (Fsp3) is 0.333. The molecule has 0 unspecified atom stereocenters. The van der Waals surface area contributed by atoms with Crippen LogP contribution in [-0.2, 0) is 4.79 Å². The fourth-order valence-corrected chi connectivity index (χ4v) is 2.87. The average Bonchev–Trinajstić information content (AvgIpc) is 3.14. The molecule has 7 heteroatoms. The van der Waals surface area contributed by atoms with E-state index in [0.717, 1.165) is 0 Å². The Morgan fingerprint density at radius 3 is 2.36 bits per heavy atom. The Morgan fingerprint density at radius 1 is 1.12 bits per heavy atom. The first-order valence-electron chi connectivity index (χ1n) is 8.27. The van der Waals surface area contributed by atoms with Gasteiger partial charge < -0.3 is 5.32 Å². The maximum Gasteiger partial charge on any atom is 0.261 e. The molecule has 130 valence electrons. The van der Waals surface area contributed by atoms with Crippen molar-refractivity contribution in [1.29, 1.82) is 0 Å². The number of benzene rings is 1. The number of carbonyl (C=O) groups excluding carboxylic acids is 3. The first-order chi connectivity index (χ1) is 12.0. The van der Waals surface area contributed by atoms with E-state index in [1.807, 2.05) is 13.8 Å². The summed E-state index contributed by atoms with van der Waals surface area (Å²) in [7, 11) is 0. The molecule has 0 aliphatic carbocycles. The summed E-state index contributed by atoms with van der Waals surface area (Å²) in [5.41, 5.74) is 0.857. The van der Waals surface area contributed by atoms with Gasteiger partial charge in [-0.05, 0) is 32.4 Å². The molecule has 3 rings (SSSR count). The van der Waals surface area contributed by atoms with E-state index in [-0.39, 0.29) is 36.7 Å². The molecule has 0 radical (unpaired) electrons. The highest BCUT2D eigenvalue weighted by Gasteiger charge is 2.34. The van der Waals surface area contributed by atoms with Crippen LogP contribution >= 0.6 is 0 Å². The van der Waals surface area contributed by atoms with Gasteiger partial charge in [0.2, 0.25) is 5.91 Å². The van der Waals surface area contributed by atoms with Crippen molar-refractivity contribution in [1.82, 2.24) is 14.7 Å². The molecular weight excluding hydrogens is 320 g/mol. The number of hydrogen-bond donors (Lipinski definition) is 1. The maximum atomic E-state index is 12.3. The van der Waals surface area contributed by atoms with Crippen molar-refractivity contribution in [2.24, 2.45) is 0 Å². The van der Waals surface area contributed by atoms with Crippen molar-refractivity contribution < 1.29 is 14.4 Å². The number of aromatic nitrogens is 2. The van der Waals surface area contributed by atoms with Crippen LogP contribution in [0.3, 0.4) is 0 Å². The Balaban J connectivity index is 1.54. The van der Waals surface area contributed by atoms with Crippen molar-refractivity contribution in [2.45, 2.75) is 32.7 Å². The lowest BCUT2D eigenvalue weighted by molar-refractivity contribution is -0.116. The van der Waals surface area contributed by atoms with Crippen LogP contribution in [0, 0.1) is 0 Å². The van der Waals surface area contributed by atoms with E-state index in [1.54, 1.807) is 41.2 Å². The minimum atomic E-state index is -0.293. The van der Waals surface area contributed by atoms with E-state index in [4.69, 9.17) is 0 Å². The van der Waals surface area contributed by atoms with Crippen LogP contribution in [0.1, 0.15) is 53.4 Å². The number of carbonyl (C=O) groups is 3. The van der Waals surface area contributed by atoms with Gasteiger partial charge in [-0.2, -0.15) is 5.10 Å². The molecule has 1 aliphatic heterocycles. The standard InChI is InChI=1S/C18H20N4O3/c1-12(2)22-15(9-10-19-22)20-16(23)8-5-11-21-17(24)13-6-3-4-7-14(13)18(21)25/h3-4,6-7,9-10,12H,5,8,11H2,1-2H3,(H,20,23). The number of nitrogens with zero attached hydrogens (tertiary/aromatic N) is 3. The van der Waals surface area contributed by atoms with Crippen LogP contribution in [0.15, 0.2) is 36.5 Å². The normalized spacial score (nSPS) is 13.5. The van der Waals surface area contributed by atoms with E-state index in [0.29, 0.717) is 23.4 Å². The molecule has 2 heterocycles. The summed E-state index contributed by atoms with van der Waals surface area (Å²) in [5, 5.41) is 6.97. The van der Waals surface area contributed by atoms with Crippen LogP contribution in [0.2, 0.25) is 0 Å². The number of hydrogen-bond acceptors (Lipinski definition) is 4. The van der Waals surface area contributed by atoms with Gasteiger partial charge >= 0.3 is 0 Å². The molecule has 25 heavy (non-hydrogen) atoms. The van der Waals surface area contributed by atoms with Crippen molar-refractivity contribution in [3.8, 4) is 0 Å². The van der Waals surface area contributed by atoms with E-state index < -0.39 is 0 Å². The maximum absolute atomic E-state index is 12.3. The molecule has 0 spiro atoms. The highest BCUT2D eigenvalue weighted by Crippen LogP contribution is 2.22. The predicted molar refractivity (Wildman–Crippen MR) is 92.3 cm³/mol. The van der Waals surface area contributed by atoms with Gasteiger partial charge in [-0.15, -0.1) is 0 Å². The first kappa shape index (κ1) is 16.9. The summed E-state index contributed by atoms with van der Waals surface area (Å²) < 4.78 is 1.72. The molecule has 0 atom stereocenters. The Labute approximate surface area is 145 Å². The Hall–Kier alpha value is -2.96. The van der Waals surface area contributed by atoms with Gasteiger partial charge in [-0.1, -0.05) is 12.1 Å². The molecule has 3 amide bonds. The lowest BCUT2D eigenvalue weighted by Gasteiger charge is -2.14. The van der Waals surface area contributed by atoms with E-state index >= 15 is 0 Å². The molecule has 7 nitrogen and oxygen atoms in total. The van der Waals surface area contributed by atoms with Gasteiger partial charge in [0.15, 0.2) is 0 Å². The van der Waals surface area contributed by atoms with E-state index in [1.165, 1.54) is 4.90 Å². The van der Waals surface area contributed by atoms with Gasteiger partial charge in [-0.3, -0.25) is 19.3 Å². The lowest BCUT2D eigenvalue weighted by Crippen LogP contribution is -2.31. The molecule has 1 aromatic heterocycles. The van der Waals surface area contributed by atoms with Crippen molar-refractivity contribution in [3.63, 3.8) is 0 Å². The highest BCUT2D eigenvalue weighted by atomic mass is 16.2. The van der Waals surface area contributed by atoms with E-state index in [2.05, 4.69) is 10.4 Å². The van der Waals surface area contributed by atoms with Crippen LogP contribution < -0.4 is 5.32 Å². The Kier molecular flexibility index (Phi) is 4.65. The highest BCUT2D eigenvalue weighted by molar-refractivity contribution is 6.21. The first-order valence-corrected chi connectivity index (χ1v) is 8.27. The van der Waals surface area contributed by atoms with Crippen LogP contribution in [0.5, 0.6) is 0 Å². The smallest absolute Gasteiger partial charge is 0.261 e. The molecule has 0 fully saturated rings. The summed E-state index contributed by atoms with van der Waals surface area (Å²) in [6, 6.07) is 8.65. The lowest BCUT2D eigenvalue weighted by atomic mass is 10.1. The minimum Gasteiger partial charge on any atom is -0.311 e. The molecule has 0 saturated heterocycles. The average molecular weight is 340 g/mol. The molecule has 0 saturated carbocycles. The fourth-order valence-electron chi connectivity index (χ4n) is 2.87. The molecule has 2 aromatic rings. The van der Waals surface area contributed by atoms with Crippen molar-refractivity contribution in [3.05, 3.63) is 47.7 Å². The molecular formula is C18H20N4O3. The number of anilines is 1. The Bertz CT molecular complexity index is 790. The summed E-state index contributed by atoms with van der Waals surface area (Å²) in [6.45, 7) is 4.18. The van der Waals surface area contributed by atoms with Crippen LogP contribution in [-0.4, -0.2) is 38.9 Å². The molecule has 1 aliphatic rings. The van der Waals surface area contributed by atoms with Gasteiger partial charge in [0.25, 0.3) is 11.8 Å². The van der Waals surface area contributed by atoms with Crippen molar-refractivity contribution >= 4 is 23.5 Å². The predicted octanol–water partition coefficient (Wildman–Crippen LogP) is 2.48. The second-order valence-corrected chi connectivity index (χ2v) is 6.21. The van der Waals surface area contributed by atoms with Crippen LogP contribution in [0.25, 0.3) is 0 Å². The molecule has 1 aromatic carbocycles. The zero-order chi connectivity index (χ0) is 18.0. The minimum absolute atomic E-state index is 0.142. The summed E-state index contributed by atoms with van der Waals surface area (Å²) in [5.74, 6) is -0.113. The summed E-state index contributed by atoms with van der Waals surface area (Å²) in [6.07, 6.45) is 2.26. The quantitative estimate of drug-likeness (QED) is 0.819. The SMILES string of the molecule is CC(C)n1nccc1NC(=O)CCCN1C(=O)c2ccccc2C1=O. The topological polar surface area (TPSA) is 84.3 Å². The van der Waals surface area contributed by atoms with Gasteiger partial charge in [0, 0.05) is 25.1 Å². The third-order valence-electron chi connectivity index (χ3n) is 4.09. The van der Waals surface area contributed by atoms with Gasteiger partial charge in [0.1, 0.15) is 5.82 Å². The Morgan fingerprint density at radius 2 is 1.76 bits per heavy atom. The zero-order valence-electron chi connectivity index (χ0n) is 14.2.